The molecular formula is C25H25F2N3O5. The molecule has 35 heavy (non-hydrogen) atoms. The molecule has 2 amide bonds. The van der Waals surface area contributed by atoms with Crippen LogP contribution in [-0.4, -0.2) is 46.8 Å². The highest BCUT2D eigenvalue weighted by Gasteiger charge is 2.67. The number of ether oxygens (including phenoxy) is 2. The van der Waals surface area contributed by atoms with E-state index in [0.717, 1.165) is 18.6 Å². The quantitative estimate of drug-likeness (QED) is 0.719. The molecule has 4 aliphatic rings. The van der Waals surface area contributed by atoms with E-state index in [2.05, 4.69) is 12.2 Å². The lowest BCUT2D eigenvalue weighted by molar-refractivity contribution is -0.147. The first-order valence-corrected chi connectivity index (χ1v) is 11.8. The Kier molecular flexibility index (Phi) is 4.83. The SMILES string of the molecule is COc1c2n(cc(C(=O)N[C@H](C)c3ccc(F)cc3F)c1=O)C[C@H]1OC3CC([C@H]4[C@@H](C)[C@@H]34)N1C2=O. The number of benzene rings is 1. The van der Waals surface area contributed by atoms with Gasteiger partial charge in [-0.3, -0.25) is 14.4 Å². The number of pyridine rings is 1. The van der Waals surface area contributed by atoms with Gasteiger partial charge in [-0.05, 0) is 37.2 Å². The average Bonchev–Trinajstić information content (AvgIpc) is 3.38. The smallest absolute Gasteiger partial charge is 0.276 e. The number of amides is 2. The third-order valence-corrected chi connectivity index (χ3v) is 8.12. The van der Waals surface area contributed by atoms with Crippen LogP contribution in [0.4, 0.5) is 8.78 Å². The van der Waals surface area contributed by atoms with E-state index in [9.17, 15) is 23.2 Å². The number of hydrogen-bond donors (Lipinski definition) is 1. The second-order valence-corrected chi connectivity index (χ2v) is 9.93. The summed E-state index contributed by atoms with van der Waals surface area (Å²) in [6.07, 6.45) is 1.77. The van der Waals surface area contributed by atoms with Crippen LogP contribution in [0.25, 0.3) is 0 Å². The molecule has 7 atom stereocenters. The summed E-state index contributed by atoms with van der Waals surface area (Å²) in [5, 5.41) is 2.58. The second kappa shape index (κ2) is 7.61. The van der Waals surface area contributed by atoms with Crippen molar-refractivity contribution in [2.75, 3.05) is 7.11 Å². The average molecular weight is 485 g/mol. The molecule has 1 aromatic carbocycles. The van der Waals surface area contributed by atoms with E-state index in [4.69, 9.17) is 9.47 Å². The Morgan fingerprint density at radius 1 is 1.26 bits per heavy atom. The highest BCUT2D eigenvalue weighted by molar-refractivity contribution is 5.99. The van der Waals surface area contributed by atoms with Crippen molar-refractivity contribution in [3.05, 3.63) is 63.1 Å². The van der Waals surface area contributed by atoms with Crippen LogP contribution in [0.15, 0.2) is 29.2 Å². The predicted octanol–water partition coefficient (Wildman–Crippen LogP) is 2.46. The molecule has 3 fully saturated rings. The summed E-state index contributed by atoms with van der Waals surface area (Å²) in [6, 6.07) is 2.31. The van der Waals surface area contributed by atoms with Gasteiger partial charge < -0.3 is 24.3 Å². The fourth-order valence-corrected chi connectivity index (χ4v) is 6.46. The first kappa shape index (κ1) is 22.2. The molecule has 0 spiro atoms. The van der Waals surface area contributed by atoms with Gasteiger partial charge in [0.05, 0.1) is 25.8 Å². The summed E-state index contributed by atoms with van der Waals surface area (Å²) in [5.74, 6) is -1.46. The third-order valence-electron chi connectivity index (χ3n) is 8.12. The van der Waals surface area contributed by atoms with E-state index in [1.54, 1.807) is 9.47 Å². The molecule has 6 rings (SSSR count). The number of nitrogens with one attached hydrogen (secondary N) is 1. The van der Waals surface area contributed by atoms with Gasteiger partial charge in [-0.1, -0.05) is 13.0 Å². The largest absolute Gasteiger partial charge is 0.491 e. The van der Waals surface area contributed by atoms with Crippen LogP contribution in [0.3, 0.4) is 0 Å². The van der Waals surface area contributed by atoms with Crippen molar-refractivity contribution in [1.82, 2.24) is 14.8 Å². The van der Waals surface area contributed by atoms with Crippen molar-refractivity contribution >= 4 is 11.8 Å². The van der Waals surface area contributed by atoms with Crippen molar-refractivity contribution in [1.29, 1.82) is 0 Å². The summed E-state index contributed by atoms with van der Waals surface area (Å²) in [4.78, 5) is 41.6. The lowest BCUT2D eigenvalue weighted by Gasteiger charge is -2.46. The van der Waals surface area contributed by atoms with Gasteiger partial charge in [-0.15, -0.1) is 0 Å². The normalized spacial score (nSPS) is 30.8. The summed E-state index contributed by atoms with van der Waals surface area (Å²) < 4.78 is 40.6. The molecule has 2 aromatic rings. The van der Waals surface area contributed by atoms with Crippen LogP contribution in [-0.2, 0) is 11.3 Å². The molecule has 2 aliphatic carbocycles. The van der Waals surface area contributed by atoms with Gasteiger partial charge in [0.1, 0.15) is 17.2 Å². The van der Waals surface area contributed by atoms with E-state index >= 15 is 0 Å². The molecule has 2 unspecified atom stereocenters. The Bertz CT molecular complexity index is 1330. The fourth-order valence-electron chi connectivity index (χ4n) is 6.46. The van der Waals surface area contributed by atoms with Crippen LogP contribution >= 0.6 is 0 Å². The van der Waals surface area contributed by atoms with Crippen LogP contribution in [0.1, 0.15) is 52.7 Å². The van der Waals surface area contributed by atoms with Crippen molar-refractivity contribution in [3.8, 4) is 5.75 Å². The second-order valence-electron chi connectivity index (χ2n) is 9.93. The number of fused-ring (bicyclic) bond motifs is 8. The lowest BCUT2D eigenvalue weighted by Crippen LogP contribution is -2.59. The number of carbonyl (C=O) groups excluding carboxylic acids is 2. The number of carbonyl (C=O) groups is 2. The Morgan fingerprint density at radius 3 is 2.74 bits per heavy atom. The zero-order valence-electron chi connectivity index (χ0n) is 19.5. The van der Waals surface area contributed by atoms with E-state index in [1.807, 2.05) is 0 Å². The van der Waals surface area contributed by atoms with E-state index in [0.29, 0.717) is 17.8 Å². The topological polar surface area (TPSA) is 89.9 Å². The summed E-state index contributed by atoms with van der Waals surface area (Å²) in [7, 11) is 1.28. The van der Waals surface area contributed by atoms with Crippen molar-refractivity contribution in [2.45, 2.75) is 51.2 Å². The van der Waals surface area contributed by atoms with Crippen LogP contribution in [0, 0.1) is 29.4 Å². The van der Waals surface area contributed by atoms with E-state index < -0.39 is 35.2 Å². The van der Waals surface area contributed by atoms with Gasteiger partial charge in [-0.2, -0.15) is 0 Å². The first-order valence-electron chi connectivity index (χ1n) is 11.8. The monoisotopic (exact) mass is 485 g/mol. The molecule has 2 saturated carbocycles. The zero-order valence-corrected chi connectivity index (χ0v) is 19.5. The van der Waals surface area contributed by atoms with Crippen molar-refractivity contribution in [2.24, 2.45) is 17.8 Å². The molecule has 1 N–H and O–H groups in total. The minimum Gasteiger partial charge on any atom is -0.491 e. The Morgan fingerprint density at radius 2 is 2.03 bits per heavy atom. The van der Waals surface area contributed by atoms with E-state index in [-0.39, 0.29) is 47.2 Å². The summed E-state index contributed by atoms with van der Waals surface area (Å²) >= 11 is 0. The minimum atomic E-state index is -0.835. The molecule has 184 valence electrons. The number of hydrogen-bond acceptors (Lipinski definition) is 5. The van der Waals surface area contributed by atoms with Gasteiger partial charge in [0.2, 0.25) is 5.43 Å². The first-order chi connectivity index (χ1) is 16.7. The van der Waals surface area contributed by atoms with Crippen LogP contribution in [0.2, 0.25) is 0 Å². The third kappa shape index (κ3) is 3.15. The lowest BCUT2D eigenvalue weighted by atomic mass is 10.00. The molecule has 0 radical (unpaired) electrons. The maximum atomic E-state index is 14.2. The molecule has 2 bridgehead atoms. The molecule has 1 aromatic heterocycles. The number of nitrogens with zero attached hydrogens (tertiary/aromatic N) is 2. The van der Waals surface area contributed by atoms with Gasteiger partial charge >= 0.3 is 0 Å². The maximum absolute atomic E-state index is 14.2. The highest BCUT2D eigenvalue weighted by atomic mass is 19.1. The van der Waals surface area contributed by atoms with Crippen LogP contribution in [0.5, 0.6) is 5.75 Å². The number of aromatic nitrogens is 1. The summed E-state index contributed by atoms with van der Waals surface area (Å²) in [6.45, 7) is 3.97. The zero-order chi connectivity index (χ0) is 24.8. The highest BCUT2D eigenvalue weighted by Crippen LogP contribution is 2.62. The number of methoxy groups -OCH3 is 1. The Hall–Kier alpha value is -3.27. The molecule has 10 heteroatoms. The predicted molar refractivity (Wildman–Crippen MR) is 119 cm³/mol. The number of rotatable bonds is 4. The van der Waals surface area contributed by atoms with Crippen molar-refractivity contribution in [3.63, 3.8) is 0 Å². The standard InChI is InChI=1S/C25H25F2N3O5/c1-10-19-16-7-17(20(10)19)35-18-9-29-8-14(22(31)23(34-3)21(29)25(33)30(16)18)24(32)28-11(2)13-5-4-12(26)6-15(13)27/h4-6,8,10-11,16-20H,7,9H2,1-3H3,(H,28,32)/t10-,11-,16?,17?,18-,19-,20+/m1/s1. The molecular weight excluding hydrogens is 460 g/mol. The Labute approximate surface area is 199 Å². The van der Waals surface area contributed by atoms with Gasteiger partial charge in [0.25, 0.3) is 11.8 Å². The fraction of sp³-hybridized carbons (Fsp3) is 0.480. The molecule has 1 saturated heterocycles. The molecule has 8 nitrogen and oxygen atoms in total. The minimum absolute atomic E-state index is 0.0780. The van der Waals surface area contributed by atoms with E-state index in [1.165, 1.54) is 26.3 Å². The van der Waals surface area contributed by atoms with Crippen molar-refractivity contribution < 1.29 is 27.8 Å². The van der Waals surface area contributed by atoms with Crippen LogP contribution < -0.4 is 15.5 Å². The molecule has 2 aliphatic heterocycles. The van der Waals surface area contributed by atoms with Gasteiger partial charge in [0.15, 0.2) is 17.7 Å². The van der Waals surface area contributed by atoms with Gasteiger partial charge in [0, 0.05) is 23.9 Å². The summed E-state index contributed by atoms with van der Waals surface area (Å²) in [5.41, 5.74) is -0.789. The van der Waals surface area contributed by atoms with Gasteiger partial charge in [-0.25, -0.2) is 8.78 Å². The Balaban J connectivity index is 1.33. The maximum Gasteiger partial charge on any atom is 0.276 e. The number of halogens is 2. The molecule has 3 heterocycles.